The van der Waals surface area contributed by atoms with Gasteiger partial charge in [-0.3, -0.25) is 9.89 Å². The minimum atomic E-state index is -3.73. The van der Waals surface area contributed by atoms with E-state index in [1.165, 1.54) is 17.0 Å². The largest absolute Gasteiger partial charge is 0.495 e. The van der Waals surface area contributed by atoms with Gasteiger partial charge in [0, 0.05) is 31.7 Å². The fourth-order valence-corrected chi connectivity index (χ4v) is 5.80. The number of aromatic amines is 1. The summed E-state index contributed by atoms with van der Waals surface area (Å²) in [5.41, 5.74) is 3.87. The van der Waals surface area contributed by atoms with E-state index in [1.807, 2.05) is 18.2 Å². The molecule has 174 valence electrons. The molecule has 2 heterocycles. The van der Waals surface area contributed by atoms with E-state index in [1.54, 1.807) is 43.0 Å². The van der Waals surface area contributed by atoms with Crippen LogP contribution in [0.3, 0.4) is 0 Å². The van der Waals surface area contributed by atoms with Gasteiger partial charge in [0.15, 0.2) is 0 Å². The second kappa shape index (κ2) is 9.36. The number of ether oxygens (including phenoxy) is 1. The van der Waals surface area contributed by atoms with E-state index in [0.29, 0.717) is 43.1 Å². The maximum atomic E-state index is 13.1. The number of methoxy groups -OCH3 is 1. The average molecular weight is 469 g/mol. The first-order valence-electron chi connectivity index (χ1n) is 11.0. The number of H-pyrrole nitrogens is 1. The van der Waals surface area contributed by atoms with E-state index in [-0.39, 0.29) is 16.6 Å². The van der Waals surface area contributed by atoms with Gasteiger partial charge in [-0.1, -0.05) is 38.1 Å². The lowest BCUT2D eigenvalue weighted by molar-refractivity contribution is 0.0728. The number of carbonyl (C=O) groups excluding carboxylic acids is 1. The summed E-state index contributed by atoms with van der Waals surface area (Å²) in [6.45, 7) is 5.49. The molecule has 0 aliphatic carbocycles. The highest BCUT2D eigenvalue weighted by Crippen LogP contribution is 2.31. The van der Waals surface area contributed by atoms with E-state index in [4.69, 9.17) is 4.74 Å². The Balaban J connectivity index is 1.62. The monoisotopic (exact) mass is 468 g/mol. The molecule has 0 radical (unpaired) electrons. The predicted molar refractivity (Wildman–Crippen MR) is 126 cm³/mol. The zero-order valence-corrected chi connectivity index (χ0v) is 19.9. The highest BCUT2D eigenvalue weighted by atomic mass is 32.2. The molecule has 9 heteroatoms. The summed E-state index contributed by atoms with van der Waals surface area (Å²) < 4.78 is 33.0. The Bertz CT molecular complexity index is 1260. The number of sulfonamides is 1. The highest BCUT2D eigenvalue weighted by molar-refractivity contribution is 7.89. The van der Waals surface area contributed by atoms with Crippen LogP contribution in [-0.2, 0) is 23.0 Å². The highest BCUT2D eigenvalue weighted by Gasteiger charge is 2.27. The lowest BCUT2D eigenvalue weighted by Gasteiger charge is -2.28. The third-order valence-electron chi connectivity index (χ3n) is 6.01. The van der Waals surface area contributed by atoms with Crippen LogP contribution in [0.1, 0.15) is 35.5 Å². The lowest BCUT2D eigenvalue weighted by Crippen LogP contribution is -2.36. The molecule has 1 aliphatic heterocycles. The van der Waals surface area contributed by atoms with Crippen molar-refractivity contribution >= 4 is 15.9 Å². The Morgan fingerprint density at radius 3 is 2.55 bits per heavy atom. The number of fused-ring (bicyclic) bond motifs is 1. The Kier molecular flexibility index (Phi) is 6.53. The van der Waals surface area contributed by atoms with Crippen LogP contribution < -0.4 is 4.74 Å². The van der Waals surface area contributed by atoms with E-state index in [0.717, 1.165) is 12.0 Å². The minimum absolute atomic E-state index is 0.0784. The zero-order valence-electron chi connectivity index (χ0n) is 19.0. The Labute approximate surface area is 194 Å². The van der Waals surface area contributed by atoms with Gasteiger partial charge in [0.1, 0.15) is 16.3 Å². The van der Waals surface area contributed by atoms with Crippen LogP contribution in [0.25, 0.3) is 11.3 Å². The summed E-state index contributed by atoms with van der Waals surface area (Å²) >= 11 is 0. The van der Waals surface area contributed by atoms with Crippen molar-refractivity contribution in [3.63, 3.8) is 0 Å². The summed E-state index contributed by atoms with van der Waals surface area (Å²) in [5.74, 6) is 0.136. The molecular formula is C24H28N4O4S. The van der Waals surface area contributed by atoms with Crippen LogP contribution in [0.5, 0.6) is 5.75 Å². The summed E-state index contributed by atoms with van der Waals surface area (Å²) in [6.07, 6.45) is 0.813. The maximum absolute atomic E-state index is 13.1. The lowest BCUT2D eigenvalue weighted by atomic mass is 10.00. The summed E-state index contributed by atoms with van der Waals surface area (Å²) in [4.78, 5) is 15.0. The Hall–Kier alpha value is -3.17. The van der Waals surface area contributed by atoms with Crippen molar-refractivity contribution in [2.75, 3.05) is 26.7 Å². The molecule has 0 bridgehead atoms. The fourth-order valence-electron chi connectivity index (χ4n) is 4.16. The van der Waals surface area contributed by atoms with Crippen LogP contribution in [0.15, 0.2) is 53.4 Å². The first-order valence-corrected chi connectivity index (χ1v) is 12.4. The first-order chi connectivity index (χ1) is 15.9. The standard InChI is InChI=1S/C24H28N4O4S/c1-4-28(5-2)33(30,31)23-14-18(10-11-22(23)32-3)20-15-21(26-25-20)24(29)27-13-12-17-8-6-7-9-19(17)16-27/h6-11,14-15H,4-5,12-13,16H2,1-3H3,(H,25,26). The third kappa shape index (κ3) is 4.38. The topological polar surface area (TPSA) is 95.6 Å². The number of nitrogens with zero attached hydrogens (tertiary/aromatic N) is 3. The van der Waals surface area contributed by atoms with Crippen molar-refractivity contribution in [2.45, 2.75) is 31.7 Å². The number of amides is 1. The van der Waals surface area contributed by atoms with E-state index in [2.05, 4.69) is 16.3 Å². The molecule has 0 fully saturated rings. The normalized spacial score (nSPS) is 13.8. The Morgan fingerprint density at radius 1 is 1.12 bits per heavy atom. The van der Waals surface area contributed by atoms with Crippen molar-refractivity contribution < 1.29 is 17.9 Å². The molecule has 0 unspecified atom stereocenters. The third-order valence-corrected chi connectivity index (χ3v) is 8.08. The molecule has 0 saturated heterocycles. The molecule has 4 rings (SSSR count). The quantitative estimate of drug-likeness (QED) is 0.574. The zero-order chi connectivity index (χ0) is 23.6. The predicted octanol–water partition coefficient (Wildman–Crippen LogP) is 3.31. The number of hydrogen-bond acceptors (Lipinski definition) is 5. The molecule has 1 aliphatic rings. The molecule has 33 heavy (non-hydrogen) atoms. The smallest absolute Gasteiger partial charge is 0.272 e. The molecule has 2 aromatic carbocycles. The van der Waals surface area contributed by atoms with E-state index >= 15 is 0 Å². The molecule has 0 spiro atoms. The van der Waals surface area contributed by atoms with Crippen LogP contribution in [0, 0.1) is 0 Å². The van der Waals surface area contributed by atoms with Gasteiger partial charge in [0.2, 0.25) is 10.0 Å². The van der Waals surface area contributed by atoms with Crippen molar-refractivity contribution in [1.82, 2.24) is 19.4 Å². The molecule has 0 atom stereocenters. The SMILES string of the molecule is CCN(CC)S(=O)(=O)c1cc(-c2cc(C(=O)N3CCc4ccccc4C3)[nH]n2)ccc1OC. The van der Waals surface area contributed by atoms with Gasteiger partial charge < -0.3 is 9.64 Å². The van der Waals surface area contributed by atoms with Crippen molar-refractivity contribution in [1.29, 1.82) is 0 Å². The molecule has 3 aromatic rings. The number of aromatic nitrogens is 2. The maximum Gasteiger partial charge on any atom is 0.272 e. The molecule has 1 aromatic heterocycles. The number of hydrogen-bond donors (Lipinski definition) is 1. The van der Waals surface area contributed by atoms with Gasteiger partial charge >= 0.3 is 0 Å². The summed E-state index contributed by atoms with van der Waals surface area (Å²) in [7, 11) is -2.29. The number of nitrogens with one attached hydrogen (secondary N) is 1. The minimum Gasteiger partial charge on any atom is -0.495 e. The van der Waals surface area contributed by atoms with E-state index < -0.39 is 10.0 Å². The van der Waals surface area contributed by atoms with Crippen LogP contribution in [0.4, 0.5) is 0 Å². The second-order valence-electron chi connectivity index (χ2n) is 7.87. The van der Waals surface area contributed by atoms with Gasteiger partial charge in [-0.05, 0) is 41.8 Å². The Morgan fingerprint density at radius 2 is 1.85 bits per heavy atom. The average Bonchev–Trinajstić information content (AvgIpc) is 3.33. The van der Waals surface area contributed by atoms with Gasteiger partial charge in [0.25, 0.3) is 5.91 Å². The van der Waals surface area contributed by atoms with E-state index in [9.17, 15) is 13.2 Å². The number of carbonyl (C=O) groups is 1. The van der Waals surface area contributed by atoms with Gasteiger partial charge in [0.05, 0.1) is 12.8 Å². The molecule has 1 amide bonds. The van der Waals surface area contributed by atoms with Gasteiger partial charge in [-0.25, -0.2) is 8.42 Å². The van der Waals surface area contributed by atoms with Crippen molar-refractivity contribution in [2.24, 2.45) is 0 Å². The first kappa shape index (κ1) is 23.0. The van der Waals surface area contributed by atoms with Crippen molar-refractivity contribution in [3.05, 3.63) is 65.4 Å². The number of benzene rings is 2. The van der Waals surface area contributed by atoms with Gasteiger partial charge in [-0.15, -0.1) is 0 Å². The van der Waals surface area contributed by atoms with Crippen LogP contribution >= 0.6 is 0 Å². The van der Waals surface area contributed by atoms with Crippen LogP contribution in [-0.4, -0.2) is 60.5 Å². The molecular weight excluding hydrogens is 440 g/mol. The van der Waals surface area contributed by atoms with Gasteiger partial charge in [-0.2, -0.15) is 9.40 Å². The fraction of sp³-hybridized carbons (Fsp3) is 0.333. The van der Waals surface area contributed by atoms with Crippen molar-refractivity contribution in [3.8, 4) is 17.0 Å². The summed E-state index contributed by atoms with van der Waals surface area (Å²) in [6, 6.07) is 14.7. The molecule has 0 saturated carbocycles. The molecule has 1 N–H and O–H groups in total. The number of rotatable bonds is 7. The molecule has 8 nitrogen and oxygen atoms in total. The van der Waals surface area contributed by atoms with Crippen LogP contribution in [0.2, 0.25) is 0 Å². The second-order valence-corrected chi connectivity index (χ2v) is 9.77. The summed E-state index contributed by atoms with van der Waals surface area (Å²) in [5, 5.41) is 7.11.